The third-order valence-electron chi connectivity index (χ3n) is 3.48. The number of halogens is 2. The molecule has 9 nitrogen and oxygen atoms in total. The van der Waals surface area contributed by atoms with E-state index in [1.54, 1.807) is 0 Å². The lowest BCUT2D eigenvalue weighted by atomic mass is 10.1. The Morgan fingerprint density at radius 3 is 2.50 bits per heavy atom. The molecule has 0 bridgehead atoms. The van der Waals surface area contributed by atoms with Gasteiger partial charge in [-0.15, -0.1) is 0 Å². The van der Waals surface area contributed by atoms with E-state index in [1.807, 2.05) is 0 Å². The second-order valence-corrected chi connectivity index (χ2v) is 5.44. The van der Waals surface area contributed by atoms with Gasteiger partial charge in [-0.3, -0.25) is 14.9 Å². The smallest absolute Gasteiger partial charge is 0.387 e. The molecule has 0 aliphatic heterocycles. The van der Waals surface area contributed by atoms with E-state index < -0.39 is 29.5 Å². The zero-order valence-corrected chi connectivity index (χ0v) is 14.4. The maximum atomic E-state index is 12.4. The molecule has 2 aromatic rings. The Hall–Kier alpha value is -3.76. The van der Waals surface area contributed by atoms with Gasteiger partial charge in [0.25, 0.3) is 11.6 Å². The van der Waals surface area contributed by atoms with Crippen molar-refractivity contribution < 1.29 is 32.8 Å². The number of hydrogen-bond donors (Lipinski definition) is 2. The van der Waals surface area contributed by atoms with E-state index in [2.05, 4.69) is 10.1 Å². The molecule has 0 heterocycles. The van der Waals surface area contributed by atoms with Crippen LogP contribution in [0.25, 0.3) is 0 Å². The summed E-state index contributed by atoms with van der Waals surface area (Å²) < 4.78 is 34.1. The van der Waals surface area contributed by atoms with Crippen LogP contribution in [0.4, 0.5) is 25.8 Å². The number of ether oxygens (including phenoxy) is 2. The van der Waals surface area contributed by atoms with Crippen molar-refractivity contribution in [2.75, 3.05) is 11.1 Å². The van der Waals surface area contributed by atoms with E-state index in [0.29, 0.717) is 0 Å². The van der Waals surface area contributed by atoms with Crippen LogP contribution in [-0.4, -0.2) is 29.5 Å². The molecule has 3 N–H and O–H groups in total. The predicted octanol–water partition coefficient (Wildman–Crippen LogP) is 2.96. The van der Waals surface area contributed by atoms with Crippen LogP contribution in [0.15, 0.2) is 42.5 Å². The number of carbonyl (C=O) groups is 2. The SMILES string of the molecule is C[C@@H](OC(=O)c1ccc([N+](=O)[O-])cc1N)C(=O)Nc1ccccc1OC(F)F. The number of benzene rings is 2. The molecule has 11 heteroatoms. The minimum atomic E-state index is -3.08. The van der Waals surface area contributed by atoms with E-state index in [9.17, 15) is 28.5 Å². The van der Waals surface area contributed by atoms with Crippen molar-refractivity contribution in [3.05, 3.63) is 58.1 Å². The van der Waals surface area contributed by atoms with Gasteiger partial charge in [0.2, 0.25) is 0 Å². The minimum Gasteiger partial charge on any atom is -0.449 e. The number of nitrogen functional groups attached to an aromatic ring is 1. The van der Waals surface area contributed by atoms with Crippen molar-refractivity contribution in [1.82, 2.24) is 0 Å². The van der Waals surface area contributed by atoms with Gasteiger partial charge in [0.05, 0.1) is 21.9 Å². The fourth-order valence-corrected chi connectivity index (χ4v) is 2.13. The third-order valence-corrected chi connectivity index (χ3v) is 3.48. The van der Waals surface area contributed by atoms with E-state index in [0.717, 1.165) is 18.2 Å². The fraction of sp³-hybridized carbons (Fsp3) is 0.176. The van der Waals surface area contributed by atoms with Crippen LogP contribution in [0.3, 0.4) is 0 Å². The summed E-state index contributed by atoms with van der Waals surface area (Å²) in [5, 5.41) is 13.0. The first-order valence-electron chi connectivity index (χ1n) is 7.78. The number of nitrogens with one attached hydrogen (secondary N) is 1. The van der Waals surface area contributed by atoms with Gasteiger partial charge in [0.15, 0.2) is 6.10 Å². The summed E-state index contributed by atoms with van der Waals surface area (Å²) in [4.78, 5) is 34.4. The third kappa shape index (κ3) is 5.13. The first-order chi connectivity index (χ1) is 13.2. The summed E-state index contributed by atoms with van der Waals surface area (Å²) in [7, 11) is 0. The van der Waals surface area contributed by atoms with E-state index in [4.69, 9.17) is 10.5 Å². The molecule has 0 radical (unpaired) electrons. The number of nitrogens with two attached hydrogens (primary N) is 1. The molecule has 0 spiro atoms. The van der Waals surface area contributed by atoms with Crippen LogP contribution >= 0.6 is 0 Å². The number of para-hydroxylation sites is 2. The normalized spacial score (nSPS) is 11.6. The number of esters is 1. The Balaban J connectivity index is 2.07. The van der Waals surface area contributed by atoms with Crippen molar-refractivity contribution in [1.29, 1.82) is 0 Å². The molecule has 148 valence electrons. The summed E-state index contributed by atoms with van der Waals surface area (Å²) >= 11 is 0. The number of non-ortho nitro benzene ring substituents is 1. The molecular formula is C17H15F2N3O6. The van der Waals surface area contributed by atoms with E-state index >= 15 is 0 Å². The number of hydrogen-bond acceptors (Lipinski definition) is 7. The highest BCUT2D eigenvalue weighted by Crippen LogP contribution is 2.26. The van der Waals surface area contributed by atoms with Gasteiger partial charge < -0.3 is 20.5 Å². The summed E-state index contributed by atoms with van der Waals surface area (Å²) in [6.07, 6.45) is -1.32. The average molecular weight is 395 g/mol. The van der Waals surface area contributed by atoms with Gasteiger partial charge in [-0.2, -0.15) is 8.78 Å². The number of rotatable bonds is 7. The highest BCUT2D eigenvalue weighted by molar-refractivity contribution is 6.00. The monoisotopic (exact) mass is 395 g/mol. The van der Waals surface area contributed by atoms with E-state index in [-0.39, 0.29) is 28.4 Å². The maximum absolute atomic E-state index is 12.4. The lowest BCUT2D eigenvalue weighted by Crippen LogP contribution is -2.30. The van der Waals surface area contributed by atoms with Gasteiger partial charge in [-0.25, -0.2) is 4.79 Å². The van der Waals surface area contributed by atoms with Crippen molar-refractivity contribution >= 4 is 28.9 Å². The number of carbonyl (C=O) groups excluding carboxylic acids is 2. The Labute approximate surface area is 157 Å². The molecule has 0 fully saturated rings. The van der Waals surface area contributed by atoms with Crippen LogP contribution < -0.4 is 15.8 Å². The van der Waals surface area contributed by atoms with E-state index in [1.165, 1.54) is 31.2 Å². The molecule has 2 aromatic carbocycles. The molecule has 0 saturated carbocycles. The minimum absolute atomic E-state index is 0.0365. The lowest BCUT2D eigenvalue weighted by molar-refractivity contribution is -0.384. The number of alkyl halides is 2. The summed E-state index contributed by atoms with van der Waals surface area (Å²) in [5.41, 5.74) is 4.91. The quantitative estimate of drug-likeness (QED) is 0.319. The fourth-order valence-electron chi connectivity index (χ4n) is 2.13. The zero-order valence-electron chi connectivity index (χ0n) is 14.4. The van der Waals surface area contributed by atoms with Crippen molar-refractivity contribution in [3.8, 4) is 5.75 Å². The first-order valence-corrected chi connectivity index (χ1v) is 7.78. The second-order valence-electron chi connectivity index (χ2n) is 5.44. The Morgan fingerprint density at radius 2 is 1.89 bits per heavy atom. The molecule has 1 atom stereocenters. The predicted molar refractivity (Wildman–Crippen MR) is 94.1 cm³/mol. The molecule has 0 saturated heterocycles. The highest BCUT2D eigenvalue weighted by atomic mass is 19.3. The summed E-state index contributed by atoms with van der Waals surface area (Å²) in [6.45, 7) is -1.83. The molecule has 28 heavy (non-hydrogen) atoms. The van der Waals surface area contributed by atoms with Crippen molar-refractivity contribution in [3.63, 3.8) is 0 Å². The largest absolute Gasteiger partial charge is 0.449 e. The molecule has 1 amide bonds. The topological polar surface area (TPSA) is 134 Å². The van der Waals surface area contributed by atoms with Gasteiger partial charge >= 0.3 is 12.6 Å². The van der Waals surface area contributed by atoms with Gasteiger partial charge in [0, 0.05) is 12.1 Å². The van der Waals surface area contributed by atoms with Crippen LogP contribution in [-0.2, 0) is 9.53 Å². The highest BCUT2D eigenvalue weighted by Gasteiger charge is 2.23. The van der Waals surface area contributed by atoms with Crippen LogP contribution in [0.5, 0.6) is 5.75 Å². The molecule has 0 unspecified atom stereocenters. The molecule has 0 aromatic heterocycles. The van der Waals surface area contributed by atoms with Gasteiger partial charge in [-0.05, 0) is 25.1 Å². The average Bonchev–Trinajstić information content (AvgIpc) is 2.62. The standard InChI is InChI=1S/C17H15F2N3O6/c1-9(15(23)21-13-4-2-3-5-14(13)28-17(18)19)27-16(24)11-7-6-10(22(25)26)8-12(11)20/h2-9,17H,20H2,1H3,(H,21,23)/t9-/m1/s1. The van der Waals surface area contributed by atoms with Crippen LogP contribution in [0, 0.1) is 10.1 Å². The van der Waals surface area contributed by atoms with Crippen LogP contribution in [0.2, 0.25) is 0 Å². The summed E-state index contributed by atoms with van der Waals surface area (Å²) in [5.74, 6) is -2.05. The lowest BCUT2D eigenvalue weighted by Gasteiger charge is -2.16. The number of anilines is 2. The second kappa shape index (κ2) is 8.75. The number of amides is 1. The summed E-state index contributed by atoms with van der Waals surface area (Å²) in [6, 6.07) is 8.64. The number of nitro groups is 1. The Kier molecular flexibility index (Phi) is 6.42. The van der Waals surface area contributed by atoms with Gasteiger partial charge in [0.1, 0.15) is 5.75 Å². The molecular weight excluding hydrogens is 380 g/mol. The van der Waals surface area contributed by atoms with Gasteiger partial charge in [-0.1, -0.05) is 12.1 Å². The molecule has 0 aliphatic carbocycles. The Morgan fingerprint density at radius 1 is 1.21 bits per heavy atom. The van der Waals surface area contributed by atoms with Crippen molar-refractivity contribution in [2.24, 2.45) is 0 Å². The maximum Gasteiger partial charge on any atom is 0.387 e. The molecule has 2 rings (SSSR count). The number of nitrogens with zero attached hydrogens (tertiary/aromatic N) is 1. The van der Waals surface area contributed by atoms with Crippen molar-refractivity contribution in [2.45, 2.75) is 19.6 Å². The first kappa shape index (κ1) is 20.6. The Bertz CT molecular complexity index is 906. The zero-order chi connectivity index (χ0) is 20.8. The number of nitro benzene ring substituents is 1. The molecule has 0 aliphatic rings. The van der Waals surface area contributed by atoms with Crippen LogP contribution in [0.1, 0.15) is 17.3 Å².